The van der Waals surface area contributed by atoms with Gasteiger partial charge in [0.15, 0.2) is 0 Å². The Kier molecular flexibility index (Phi) is 3.69. The molecule has 1 N–H and O–H groups in total. The first-order chi connectivity index (χ1) is 8.97. The zero-order chi connectivity index (χ0) is 14.0. The van der Waals surface area contributed by atoms with E-state index in [1.54, 1.807) is 4.68 Å². The van der Waals surface area contributed by atoms with Gasteiger partial charge in [0.05, 0.1) is 5.69 Å². The molecule has 0 aliphatic carbocycles. The maximum Gasteiger partial charge on any atom is 0.246 e. The van der Waals surface area contributed by atoms with Crippen LogP contribution in [-0.4, -0.2) is 15.7 Å². The summed E-state index contributed by atoms with van der Waals surface area (Å²) in [6.07, 6.45) is 0. The summed E-state index contributed by atoms with van der Waals surface area (Å²) in [5, 5.41) is 7.22. The Morgan fingerprint density at radius 3 is 2.63 bits per heavy atom. The van der Waals surface area contributed by atoms with Crippen molar-refractivity contribution in [3.63, 3.8) is 0 Å². The van der Waals surface area contributed by atoms with Gasteiger partial charge in [-0.1, -0.05) is 12.1 Å². The number of carbonyl (C=O) groups is 1. The van der Waals surface area contributed by atoms with Crippen molar-refractivity contribution in [2.45, 2.75) is 34.2 Å². The van der Waals surface area contributed by atoms with Crippen LogP contribution in [0.4, 0.5) is 5.69 Å². The summed E-state index contributed by atoms with van der Waals surface area (Å²) < 4.78 is 1.72. The first-order valence-corrected chi connectivity index (χ1v) is 6.34. The number of hydrogen-bond donors (Lipinski definition) is 1. The SMILES string of the molecule is Cc1cc(C)n(CC(=O)Nc2cccc(C)c2C)n1. The fourth-order valence-corrected chi connectivity index (χ4v) is 2.05. The second kappa shape index (κ2) is 5.26. The Balaban J connectivity index is 2.10. The molecule has 2 rings (SSSR count). The van der Waals surface area contributed by atoms with Crippen molar-refractivity contribution in [1.82, 2.24) is 9.78 Å². The van der Waals surface area contributed by atoms with Crippen LogP contribution >= 0.6 is 0 Å². The highest BCUT2D eigenvalue weighted by Gasteiger charge is 2.09. The van der Waals surface area contributed by atoms with Crippen molar-refractivity contribution in [3.05, 3.63) is 46.8 Å². The quantitative estimate of drug-likeness (QED) is 0.919. The van der Waals surface area contributed by atoms with Gasteiger partial charge in [-0.25, -0.2) is 0 Å². The molecule has 1 aromatic heterocycles. The lowest BCUT2D eigenvalue weighted by Gasteiger charge is -2.11. The average molecular weight is 257 g/mol. The molecule has 0 radical (unpaired) electrons. The Hall–Kier alpha value is -2.10. The Bertz CT molecular complexity index is 614. The van der Waals surface area contributed by atoms with E-state index in [9.17, 15) is 4.79 Å². The zero-order valence-corrected chi connectivity index (χ0v) is 11.8. The molecule has 2 aromatic rings. The molecule has 1 heterocycles. The Morgan fingerprint density at radius 2 is 2.00 bits per heavy atom. The van der Waals surface area contributed by atoms with Crippen LogP contribution in [-0.2, 0) is 11.3 Å². The summed E-state index contributed by atoms with van der Waals surface area (Å²) in [6.45, 7) is 8.16. The van der Waals surface area contributed by atoms with Crippen LogP contribution in [0.3, 0.4) is 0 Å². The molecule has 1 aromatic carbocycles. The average Bonchev–Trinajstić information content (AvgIpc) is 2.64. The van der Waals surface area contributed by atoms with E-state index in [2.05, 4.69) is 10.4 Å². The molecule has 100 valence electrons. The van der Waals surface area contributed by atoms with E-state index in [1.165, 1.54) is 5.56 Å². The van der Waals surface area contributed by atoms with Crippen molar-refractivity contribution >= 4 is 11.6 Å². The first-order valence-electron chi connectivity index (χ1n) is 6.34. The largest absolute Gasteiger partial charge is 0.324 e. The number of amides is 1. The van der Waals surface area contributed by atoms with Gasteiger partial charge in [0, 0.05) is 11.4 Å². The summed E-state index contributed by atoms with van der Waals surface area (Å²) in [7, 11) is 0. The lowest BCUT2D eigenvalue weighted by Crippen LogP contribution is -2.20. The van der Waals surface area contributed by atoms with Crippen molar-refractivity contribution in [1.29, 1.82) is 0 Å². The predicted octanol–water partition coefficient (Wildman–Crippen LogP) is 2.76. The van der Waals surface area contributed by atoms with Gasteiger partial charge in [0.1, 0.15) is 6.54 Å². The lowest BCUT2D eigenvalue weighted by molar-refractivity contribution is -0.116. The van der Waals surface area contributed by atoms with Crippen LogP contribution in [0, 0.1) is 27.7 Å². The molecule has 0 saturated carbocycles. The normalized spacial score (nSPS) is 10.5. The lowest BCUT2D eigenvalue weighted by atomic mass is 10.1. The molecule has 0 spiro atoms. The fourth-order valence-electron chi connectivity index (χ4n) is 2.05. The van der Waals surface area contributed by atoms with Gasteiger partial charge < -0.3 is 5.32 Å². The van der Waals surface area contributed by atoms with Gasteiger partial charge in [0.2, 0.25) is 5.91 Å². The van der Waals surface area contributed by atoms with Crippen molar-refractivity contribution in [2.75, 3.05) is 5.32 Å². The van der Waals surface area contributed by atoms with E-state index < -0.39 is 0 Å². The van der Waals surface area contributed by atoms with Crippen LogP contribution in [0.25, 0.3) is 0 Å². The molecular weight excluding hydrogens is 238 g/mol. The molecule has 0 unspecified atom stereocenters. The number of hydrogen-bond acceptors (Lipinski definition) is 2. The van der Waals surface area contributed by atoms with Crippen LogP contribution in [0.1, 0.15) is 22.5 Å². The van der Waals surface area contributed by atoms with Crippen LogP contribution in [0.2, 0.25) is 0 Å². The van der Waals surface area contributed by atoms with E-state index in [0.29, 0.717) is 0 Å². The van der Waals surface area contributed by atoms with Gasteiger partial charge in [-0.2, -0.15) is 5.10 Å². The second-order valence-corrected chi connectivity index (χ2v) is 4.88. The third-order valence-electron chi connectivity index (χ3n) is 3.28. The van der Waals surface area contributed by atoms with Crippen molar-refractivity contribution in [2.24, 2.45) is 0 Å². The first kappa shape index (κ1) is 13.3. The van der Waals surface area contributed by atoms with Gasteiger partial charge in [0.25, 0.3) is 0 Å². The second-order valence-electron chi connectivity index (χ2n) is 4.88. The van der Waals surface area contributed by atoms with E-state index in [1.807, 2.05) is 52.0 Å². The smallest absolute Gasteiger partial charge is 0.246 e. The summed E-state index contributed by atoms with van der Waals surface area (Å²) in [4.78, 5) is 12.0. The molecule has 0 saturated heterocycles. The fraction of sp³-hybridized carbons (Fsp3) is 0.333. The third kappa shape index (κ3) is 3.02. The molecule has 0 bridgehead atoms. The number of aryl methyl sites for hydroxylation is 3. The Labute approximate surface area is 113 Å². The molecule has 19 heavy (non-hydrogen) atoms. The Morgan fingerprint density at radius 1 is 1.26 bits per heavy atom. The number of anilines is 1. The summed E-state index contributed by atoms with van der Waals surface area (Å²) in [5.74, 6) is -0.0556. The highest BCUT2D eigenvalue weighted by Crippen LogP contribution is 2.17. The van der Waals surface area contributed by atoms with Gasteiger partial charge in [-0.05, 0) is 51.0 Å². The highest BCUT2D eigenvalue weighted by molar-refractivity contribution is 5.91. The van der Waals surface area contributed by atoms with Gasteiger partial charge in [-0.3, -0.25) is 9.48 Å². The number of nitrogens with zero attached hydrogens (tertiary/aromatic N) is 2. The standard InChI is InChI=1S/C15H19N3O/c1-10-6-5-7-14(13(10)4)16-15(19)9-18-12(3)8-11(2)17-18/h5-8H,9H2,1-4H3,(H,16,19). The van der Waals surface area contributed by atoms with E-state index in [-0.39, 0.29) is 12.5 Å². The zero-order valence-electron chi connectivity index (χ0n) is 11.8. The molecule has 1 amide bonds. The van der Waals surface area contributed by atoms with Crippen LogP contribution in [0.15, 0.2) is 24.3 Å². The van der Waals surface area contributed by atoms with Crippen LogP contribution < -0.4 is 5.32 Å². The highest BCUT2D eigenvalue weighted by atomic mass is 16.2. The van der Waals surface area contributed by atoms with Crippen LogP contribution in [0.5, 0.6) is 0 Å². The van der Waals surface area contributed by atoms with E-state index in [0.717, 1.165) is 22.6 Å². The minimum absolute atomic E-state index is 0.0556. The maximum absolute atomic E-state index is 12.0. The molecule has 0 atom stereocenters. The van der Waals surface area contributed by atoms with Gasteiger partial charge >= 0.3 is 0 Å². The number of nitrogens with one attached hydrogen (secondary N) is 1. The summed E-state index contributed by atoms with van der Waals surface area (Å²) >= 11 is 0. The maximum atomic E-state index is 12.0. The minimum atomic E-state index is -0.0556. The predicted molar refractivity (Wildman–Crippen MR) is 76.2 cm³/mol. The molecule has 4 nitrogen and oxygen atoms in total. The van der Waals surface area contributed by atoms with Crippen molar-refractivity contribution in [3.8, 4) is 0 Å². The van der Waals surface area contributed by atoms with Crippen molar-refractivity contribution < 1.29 is 4.79 Å². The van der Waals surface area contributed by atoms with E-state index in [4.69, 9.17) is 0 Å². The molecule has 0 fully saturated rings. The summed E-state index contributed by atoms with van der Waals surface area (Å²) in [5.41, 5.74) is 5.06. The van der Waals surface area contributed by atoms with E-state index >= 15 is 0 Å². The van der Waals surface area contributed by atoms with Gasteiger partial charge in [-0.15, -0.1) is 0 Å². The number of carbonyl (C=O) groups excluding carboxylic acids is 1. The molecule has 4 heteroatoms. The number of aromatic nitrogens is 2. The summed E-state index contributed by atoms with van der Waals surface area (Å²) in [6, 6.07) is 7.86. The topological polar surface area (TPSA) is 46.9 Å². The monoisotopic (exact) mass is 257 g/mol. The molecule has 0 aliphatic heterocycles. The minimum Gasteiger partial charge on any atom is -0.324 e. The third-order valence-corrected chi connectivity index (χ3v) is 3.28. The molecular formula is C15H19N3O. The number of benzene rings is 1. The molecule has 0 aliphatic rings. The number of rotatable bonds is 3.